The normalized spacial score (nSPS) is 16.1. The molecule has 3 rings (SSSR count). The summed E-state index contributed by atoms with van der Waals surface area (Å²) in [6, 6.07) is 8.11. The van der Waals surface area contributed by atoms with Crippen LogP contribution in [0.5, 0.6) is 0 Å². The molecule has 2 heterocycles. The van der Waals surface area contributed by atoms with E-state index in [-0.39, 0.29) is 11.7 Å². The standard InChI is InChI=1S/C18H23FN4O2/c1-21(2)18(24)13-23-9-7-22(8-10-23)12-16-11-17(20-25-16)14-3-5-15(19)6-4-14/h3-6,11H,7-10,12-13H2,1-2H3. The van der Waals surface area contributed by atoms with Crippen LogP contribution in [0.4, 0.5) is 4.39 Å². The van der Waals surface area contributed by atoms with Gasteiger partial charge in [-0.05, 0) is 24.3 Å². The molecule has 0 radical (unpaired) electrons. The van der Waals surface area contributed by atoms with Crippen LogP contribution in [0.25, 0.3) is 11.3 Å². The fourth-order valence-electron chi connectivity index (χ4n) is 2.80. The van der Waals surface area contributed by atoms with Crippen LogP contribution in [0.15, 0.2) is 34.9 Å². The van der Waals surface area contributed by atoms with Gasteiger partial charge in [0.05, 0.1) is 13.1 Å². The van der Waals surface area contributed by atoms with Crippen LogP contribution in [0.3, 0.4) is 0 Å². The number of likely N-dealkylation sites (N-methyl/N-ethyl adjacent to an activating group) is 1. The fraction of sp³-hybridized carbons (Fsp3) is 0.444. The van der Waals surface area contributed by atoms with Crippen molar-refractivity contribution in [2.24, 2.45) is 0 Å². The minimum atomic E-state index is -0.266. The number of hydrogen-bond acceptors (Lipinski definition) is 5. The van der Waals surface area contributed by atoms with Crippen LogP contribution in [0.1, 0.15) is 5.76 Å². The van der Waals surface area contributed by atoms with Gasteiger partial charge in [0.2, 0.25) is 5.91 Å². The van der Waals surface area contributed by atoms with Gasteiger partial charge in [0, 0.05) is 51.9 Å². The van der Waals surface area contributed by atoms with Crippen LogP contribution in [-0.4, -0.2) is 72.6 Å². The second kappa shape index (κ2) is 7.76. The van der Waals surface area contributed by atoms with Crippen molar-refractivity contribution in [3.63, 3.8) is 0 Å². The van der Waals surface area contributed by atoms with E-state index < -0.39 is 0 Å². The van der Waals surface area contributed by atoms with Gasteiger partial charge in [-0.3, -0.25) is 14.6 Å². The van der Waals surface area contributed by atoms with E-state index in [2.05, 4.69) is 15.0 Å². The second-order valence-electron chi connectivity index (χ2n) is 6.53. The van der Waals surface area contributed by atoms with Crippen LogP contribution in [0, 0.1) is 5.82 Å². The number of rotatable bonds is 5. The van der Waals surface area contributed by atoms with Crippen molar-refractivity contribution in [3.8, 4) is 11.3 Å². The summed E-state index contributed by atoms with van der Waals surface area (Å²) >= 11 is 0. The van der Waals surface area contributed by atoms with E-state index in [9.17, 15) is 9.18 Å². The first-order valence-corrected chi connectivity index (χ1v) is 8.37. The number of carbonyl (C=O) groups is 1. The quantitative estimate of drug-likeness (QED) is 0.825. The Morgan fingerprint density at radius 3 is 2.44 bits per heavy atom. The molecule has 2 aromatic rings. The molecular formula is C18H23FN4O2. The summed E-state index contributed by atoms with van der Waals surface area (Å²) in [6.07, 6.45) is 0. The van der Waals surface area contributed by atoms with Gasteiger partial charge in [-0.25, -0.2) is 4.39 Å². The van der Waals surface area contributed by atoms with Gasteiger partial charge in [0.15, 0.2) is 5.76 Å². The Labute approximate surface area is 146 Å². The first-order valence-electron chi connectivity index (χ1n) is 8.37. The summed E-state index contributed by atoms with van der Waals surface area (Å²) in [5, 5.41) is 4.07. The summed E-state index contributed by atoms with van der Waals surface area (Å²) in [5.41, 5.74) is 1.55. The van der Waals surface area contributed by atoms with Gasteiger partial charge in [0.1, 0.15) is 11.5 Å². The van der Waals surface area contributed by atoms with Crippen molar-refractivity contribution in [1.29, 1.82) is 0 Å². The minimum Gasteiger partial charge on any atom is -0.359 e. The van der Waals surface area contributed by atoms with Gasteiger partial charge >= 0.3 is 0 Å². The Bertz CT molecular complexity index is 706. The smallest absolute Gasteiger partial charge is 0.236 e. The van der Waals surface area contributed by atoms with E-state index in [1.807, 2.05) is 6.07 Å². The molecule has 134 valence electrons. The third kappa shape index (κ3) is 4.64. The molecule has 1 fully saturated rings. The minimum absolute atomic E-state index is 0.132. The highest BCUT2D eigenvalue weighted by Crippen LogP contribution is 2.20. The Balaban J connectivity index is 1.51. The number of nitrogens with zero attached hydrogens (tertiary/aromatic N) is 4. The third-order valence-corrected chi connectivity index (χ3v) is 4.40. The van der Waals surface area contributed by atoms with Gasteiger partial charge < -0.3 is 9.42 Å². The Morgan fingerprint density at radius 1 is 1.16 bits per heavy atom. The number of carbonyl (C=O) groups excluding carboxylic acids is 1. The Morgan fingerprint density at radius 2 is 1.80 bits per heavy atom. The number of halogens is 1. The van der Waals surface area contributed by atoms with E-state index in [4.69, 9.17) is 4.52 Å². The lowest BCUT2D eigenvalue weighted by Crippen LogP contribution is -2.48. The van der Waals surface area contributed by atoms with Gasteiger partial charge in [-0.15, -0.1) is 0 Å². The van der Waals surface area contributed by atoms with Crippen LogP contribution in [0.2, 0.25) is 0 Å². The zero-order valence-electron chi connectivity index (χ0n) is 14.6. The molecule has 1 aromatic heterocycles. The molecule has 0 bridgehead atoms. The lowest BCUT2D eigenvalue weighted by molar-refractivity contribution is -0.130. The highest BCUT2D eigenvalue weighted by atomic mass is 19.1. The summed E-state index contributed by atoms with van der Waals surface area (Å²) in [4.78, 5) is 17.8. The van der Waals surface area contributed by atoms with Crippen LogP contribution in [-0.2, 0) is 11.3 Å². The van der Waals surface area contributed by atoms with Crippen molar-refractivity contribution < 1.29 is 13.7 Å². The summed E-state index contributed by atoms with van der Waals surface area (Å²) < 4.78 is 18.4. The van der Waals surface area contributed by atoms with E-state index in [0.29, 0.717) is 18.8 Å². The van der Waals surface area contributed by atoms with Crippen LogP contribution >= 0.6 is 0 Å². The first-order chi connectivity index (χ1) is 12.0. The van der Waals surface area contributed by atoms with E-state index in [1.165, 1.54) is 12.1 Å². The fourth-order valence-corrected chi connectivity index (χ4v) is 2.80. The van der Waals surface area contributed by atoms with Crippen molar-refractivity contribution >= 4 is 5.91 Å². The van der Waals surface area contributed by atoms with Gasteiger partial charge in [-0.1, -0.05) is 5.16 Å². The summed E-state index contributed by atoms with van der Waals surface area (Å²) in [5.74, 6) is 0.655. The van der Waals surface area contributed by atoms with Gasteiger partial charge in [-0.2, -0.15) is 0 Å². The van der Waals surface area contributed by atoms with Crippen molar-refractivity contribution in [3.05, 3.63) is 41.9 Å². The van der Waals surface area contributed by atoms with Gasteiger partial charge in [0.25, 0.3) is 0 Å². The molecular weight excluding hydrogens is 323 g/mol. The molecule has 25 heavy (non-hydrogen) atoms. The molecule has 1 amide bonds. The average molecular weight is 346 g/mol. The highest BCUT2D eigenvalue weighted by Gasteiger charge is 2.20. The molecule has 0 saturated carbocycles. The predicted molar refractivity (Wildman–Crippen MR) is 92.3 cm³/mol. The van der Waals surface area contributed by atoms with Crippen molar-refractivity contribution in [2.45, 2.75) is 6.54 Å². The lowest BCUT2D eigenvalue weighted by Gasteiger charge is -2.34. The maximum absolute atomic E-state index is 13.0. The van der Waals surface area contributed by atoms with Crippen molar-refractivity contribution in [2.75, 3.05) is 46.8 Å². The van der Waals surface area contributed by atoms with E-state index in [1.54, 1.807) is 31.1 Å². The number of hydrogen-bond donors (Lipinski definition) is 0. The molecule has 7 heteroatoms. The second-order valence-corrected chi connectivity index (χ2v) is 6.53. The van der Waals surface area contributed by atoms with Crippen molar-refractivity contribution in [1.82, 2.24) is 19.9 Å². The highest BCUT2D eigenvalue weighted by molar-refractivity contribution is 5.77. The first kappa shape index (κ1) is 17.6. The molecule has 6 nitrogen and oxygen atoms in total. The van der Waals surface area contributed by atoms with E-state index in [0.717, 1.165) is 37.5 Å². The summed E-state index contributed by atoms with van der Waals surface area (Å²) in [7, 11) is 3.56. The molecule has 0 unspecified atom stereocenters. The molecule has 0 atom stereocenters. The van der Waals surface area contributed by atoms with Crippen LogP contribution < -0.4 is 0 Å². The molecule has 1 saturated heterocycles. The maximum Gasteiger partial charge on any atom is 0.236 e. The topological polar surface area (TPSA) is 52.8 Å². The molecule has 1 aromatic carbocycles. The number of amides is 1. The number of piperazine rings is 1. The largest absolute Gasteiger partial charge is 0.359 e. The monoisotopic (exact) mass is 346 g/mol. The molecule has 0 N–H and O–H groups in total. The Hall–Kier alpha value is -2.25. The molecule has 1 aliphatic heterocycles. The average Bonchev–Trinajstić information content (AvgIpc) is 3.05. The zero-order valence-corrected chi connectivity index (χ0v) is 14.6. The Kier molecular flexibility index (Phi) is 5.45. The lowest BCUT2D eigenvalue weighted by atomic mass is 10.1. The predicted octanol–water partition coefficient (Wildman–Crippen LogP) is 1.69. The number of aromatic nitrogens is 1. The molecule has 0 aliphatic carbocycles. The molecule has 0 spiro atoms. The van der Waals surface area contributed by atoms with E-state index >= 15 is 0 Å². The zero-order chi connectivity index (χ0) is 17.8. The number of benzene rings is 1. The third-order valence-electron chi connectivity index (χ3n) is 4.40. The maximum atomic E-state index is 13.0. The molecule has 1 aliphatic rings. The summed E-state index contributed by atoms with van der Waals surface area (Å²) in [6.45, 7) is 4.64. The SMILES string of the molecule is CN(C)C(=O)CN1CCN(Cc2cc(-c3ccc(F)cc3)no2)CC1.